The summed E-state index contributed by atoms with van der Waals surface area (Å²) in [5, 5.41) is 15.0. The second kappa shape index (κ2) is 8.26. The van der Waals surface area contributed by atoms with E-state index >= 15 is 0 Å². The number of aromatic nitrogens is 2. The van der Waals surface area contributed by atoms with Crippen LogP contribution in [0.2, 0.25) is 0 Å². The molecule has 0 radical (unpaired) electrons. The van der Waals surface area contributed by atoms with Crippen LogP contribution in [0.5, 0.6) is 0 Å². The molecular formula is C22H17N5O2. The monoisotopic (exact) mass is 383 g/mol. The minimum Gasteiger partial charge on any atom is -0.260 e. The van der Waals surface area contributed by atoms with Gasteiger partial charge in [0.15, 0.2) is 5.82 Å². The number of nitro groups is 1. The Hall–Kier alpha value is -4.13. The SMILES string of the molecule is O=[N+]([O-])c1ccc(/C=N/Nc2nc3ccccc3nc2Cc2ccccc2)cc1. The van der Waals surface area contributed by atoms with Gasteiger partial charge < -0.3 is 0 Å². The summed E-state index contributed by atoms with van der Waals surface area (Å²) in [7, 11) is 0. The first-order valence-electron chi connectivity index (χ1n) is 9.02. The van der Waals surface area contributed by atoms with Gasteiger partial charge in [0.05, 0.1) is 27.9 Å². The smallest absolute Gasteiger partial charge is 0.260 e. The number of rotatable bonds is 6. The van der Waals surface area contributed by atoms with E-state index < -0.39 is 4.92 Å². The third-order valence-corrected chi connectivity index (χ3v) is 4.35. The van der Waals surface area contributed by atoms with Crippen LogP contribution >= 0.6 is 0 Å². The van der Waals surface area contributed by atoms with E-state index in [1.165, 1.54) is 12.1 Å². The largest absolute Gasteiger partial charge is 0.269 e. The van der Waals surface area contributed by atoms with Crippen molar-refractivity contribution in [3.63, 3.8) is 0 Å². The Morgan fingerprint density at radius 3 is 2.24 bits per heavy atom. The van der Waals surface area contributed by atoms with Crippen molar-refractivity contribution in [2.45, 2.75) is 6.42 Å². The molecule has 0 aliphatic rings. The highest BCUT2D eigenvalue weighted by atomic mass is 16.6. The third kappa shape index (κ3) is 4.41. The van der Waals surface area contributed by atoms with Crippen molar-refractivity contribution in [2.75, 3.05) is 5.43 Å². The second-order valence-corrected chi connectivity index (χ2v) is 6.39. The summed E-state index contributed by atoms with van der Waals surface area (Å²) < 4.78 is 0. The quantitative estimate of drug-likeness (QED) is 0.299. The van der Waals surface area contributed by atoms with Crippen LogP contribution < -0.4 is 5.43 Å². The lowest BCUT2D eigenvalue weighted by molar-refractivity contribution is -0.384. The standard InChI is InChI=1S/C22H17N5O2/c28-27(29)18-12-10-17(11-13-18)15-23-26-22-21(14-16-6-2-1-3-7-16)24-19-8-4-5-9-20(19)25-22/h1-13,15H,14H2,(H,25,26)/b23-15+. The van der Waals surface area contributed by atoms with Gasteiger partial charge in [-0.15, -0.1) is 0 Å². The molecular weight excluding hydrogens is 366 g/mol. The van der Waals surface area contributed by atoms with E-state index in [9.17, 15) is 10.1 Å². The fraction of sp³-hybridized carbons (Fsp3) is 0.0455. The highest BCUT2D eigenvalue weighted by molar-refractivity contribution is 5.81. The first kappa shape index (κ1) is 18.2. The van der Waals surface area contributed by atoms with Gasteiger partial charge in [0, 0.05) is 18.6 Å². The van der Waals surface area contributed by atoms with Crippen molar-refractivity contribution >= 4 is 28.8 Å². The molecule has 0 atom stereocenters. The Morgan fingerprint density at radius 2 is 1.55 bits per heavy atom. The average molecular weight is 383 g/mol. The molecule has 0 spiro atoms. The van der Waals surface area contributed by atoms with Gasteiger partial charge in [0.25, 0.3) is 5.69 Å². The molecule has 1 N–H and O–H groups in total. The molecule has 1 heterocycles. The Bertz CT molecular complexity index is 1170. The molecule has 0 unspecified atom stereocenters. The zero-order valence-corrected chi connectivity index (χ0v) is 15.4. The Kier molecular flexibility index (Phi) is 5.20. The lowest BCUT2D eigenvalue weighted by atomic mass is 10.1. The average Bonchev–Trinajstić information content (AvgIpc) is 2.75. The number of nitrogens with one attached hydrogen (secondary N) is 1. The molecule has 29 heavy (non-hydrogen) atoms. The van der Waals surface area contributed by atoms with Crippen LogP contribution in [0.3, 0.4) is 0 Å². The molecule has 0 bridgehead atoms. The van der Waals surface area contributed by atoms with Crippen LogP contribution in [0, 0.1) is 10.1 Å². The van der Waals surface area contributed by atoms with Gasteiger partial charge in [-0.2, -0.15) is 5.10 Å². The van der Waals surface area contributed by atoms with Crippen LogP contribution in [0.25, 0.3) is 11.0 Å². The number of anilines is 1. The summed E-state index contributed by atoms with van der Waals surface area (Å²) >= 11 is 0. The highest BCUT2D eigenvalue weighted by Gasteiger charge is 2.09. The maximum absolute atomic E-state index is 10.8. The van der Waals surface area contributed by atoms with Gasteiger partial charge in [0.2, 0.25) is 0 Å². The molecule has 7 nitrogen and oxygen atoms in total. The molecule has 3 aromatic carbocycles. The van der Waals surface area contributed by atoms with Crippen LogP contribution in [-0.4, -0.2) is 21.1 Å². The first-order valence-corrected chi connectivity index (χ1v) is 9.02. The number of hydrogen-bond donors (Lipinski definition) is 1. The lowest BCUT2D eigenvalue weighted by Crippen LogP contribution is -2.03. The Labute approximate surface area is 166 Å². The van der Waals surface area contributed by atoms with Crippen molar-refractivity contribution in [3.8, 4) is 0 Å². The van der Waals surface area contributed by atoms with Gasteiger partial charge >= 0.3 is 0 Å². The minimum absolute atomic E-state index is 0.0423. The molecule has 7 heteroatoms. The molecule has 0 fully saturated rings. The fourth-order valence-electron chi connectivity index (χ4n) is 2.89. The van der Waals surface area contributed by atoms with Gasteiger partial charge in [-0.1, -0.05) is 42.5 Å². The molecule has 0 saturated heterocycles. The number of non-ortho nitro benzene ring substituents is 1. The summed E-state index contributed by atoms with van der Waals surface area (Å²) in [4.78, 5) is 19.7. The summed E-state index contributed by atoms with van der Waals surface area (Å²) in [6.45, 7) is 0. The summed E-state index contributed by atoms with van der Waals surface area (Å²) in [5.74, 6) is 0.575. The Morgan fingerprint density at radius 1 is 0.897 bits per heavy atom. The van der Waals surface area contributed by atoms with Crippen molar-refractivity contribution in [2.24, 2.45) is 5.10 Å². The van der Waals surface area contributed by atoms with E-state index in [1.54, 1.807) is 18.3 Å². The van der Waals surface area contributed by atoms with Crippen LogP contribution in [-0.2, 0) is 6.42 Å². The molecule has 1 aromatic heterocycles. The minimum atomic E-state index is -0.431. The normalized spacial score (nSPS) is 11.0. The van der Waals surface area contributed by atoms with E-state index in [2.05, 4.69) is 15.5 Å². The number of nitro benzene ring substituents is 1. The highest BCUT2D eigenvalue weighted by Crippen LogP contribution is 2.20. The van der Waals surface area contributed by atoms with E-state index in [-0.39, 0.29) is 5.69 Å². The van der Waals surface area contributed by atoms with E-state index in [1.807, 2.05) is 54.6 Å². The predicted molar refractivity (Wildman–Crippen MR) is 113 cm³/mol. The maximum atomic E-state index is 10.8. The van der Waals surface area contributed by atoms with Crippen LogP contribution in [0.4, 0.5) is 11.5 Å². The molecule has 142 valence electrons. The summed E-state index contributed by atoms with van der Waals surface area (Å²) in [6, 6.07) is 23.9. The number of hydrogen-bond acceptors (Lipinski definition) is 6. The molecule has 0 aliphatic carbocycles. The fourth-order valence-corrected chi connectivity index (χ4v) is 2.89. The number of fused-ring (bicyclic) bond motifs is 1. The van der Waals surface area contributed by atoms with E-state index in [0.29, 0.717) is 12.2 Å². The predicted octanol–water partition coefficient (Wildman–Crippen LogP) is 4.57. The second-order valence-electron chi connectivity index (χ2n) is 6.39. The lowest BCUT2D eigenvalue weighted by Gasteiger charge is -2.09. The molecule has 4 aromatic rings. The van der Waals surface area contributed by atoms with Crippen molar-refractivity contribution in [3.05, 3.63) is 106 Å². The summed E-state index contributed by atoms with van der Waals surface area (Å²) in [6.07, 6.45) is 2.21. The van der Waals surface area contributed by atoms with E-state index in [4.69, 9.17) is 4.98 Å². The van der Waals surface area contributed by atoms with Crippen LogP contribution in [0.15, 0.2) is 84.0 Å². The maximum Gasteiger partial charge on any atom is 0.269 e. The van der Waals surface area contributed by atoms with Crippen molar-refractivity contribution in [1.29, 1.82) is 0 Å². The third-order valence-electron chi connectivity index (χ3n) is 4.35. The number of benzene rings is 3. The van der Waals surface area contributed by atoms with Crippen molar-refractivity contribution < 1.29 is 4.92 Å². The zero-order valence-electron chi connectivity index (χ0n) is 15.4. The van der Waals surface area contributed by atoms with Crippen LogP contribution in [0.1, 0.15) is 16.8 Å². The van der Waals surface area contributed by atoms with Crippen molar-refractivity contribution in [1.82, 2.24) is 9.97 Å². The molecule has 4 rings (SSSR count). The van der Waals surface area contributed by atoms with Gasteiger partial charge in [0.1, 0.15) is 0 Å². The van der Waals surface area contributed by atoms with Gasteiger partial charge in [-0.25, -0.2) is 9.97 Å². The topological polar surface area (TPSA) is 93.3 Å². The zero-order chi connectivity index (χ0) is 20.1. The van der Waals surface area contributed by atoms with Gasteiger partial charge in [-0.05, 0) is 35.4 Å². The molecule has 0 saturated carbocycles. The van der Waals surface area contributed by atoms with E-state index in [0.717, 1.165) is 27.9 Å². The first-order chi connectivity index (χ1) is 14.2. The number of hydrazone groups is 1. The molecule has 0 aliphatic heterocycles. The molecule has 0 amide bonds. The van der Waals surface area contributed by atoms with Gasteiger partial charge in [-0.3, -0.25) is 15.5 Å². The summed E-state index contributed by atoms with van der Waals surface area (Å²) in [5.41, 5.74) is 7.26. The number of para-hydroxylation sites is 2. The number of nitrogens with zero attached hydrogens (tertiary/aromatic N) is 4. The Balaban J connectivity index is 1.60.